The molecule has 0 unspecified atom stereocenters. The number of rotatable bonds is 2. The number of furan rings is 1. The maximum Gasteiger partial charge on any atom is 0.177 e. The number of benzene rings is 1. The summed E-state index contributed by atoms with van der Waals surface area (Å²) in [5, 5.41) is 1.08. The molecule has 2 aromatic rings. The summed E-state index contributed by atoms with van der Waals surface area (Å²) in [4.78, 5) is 0. The van der Waals surface area contributed by atoms with Crippen molar-refractivity contribution in [1.82, 2.24) is 0 Å². The van der Waals surface area contributed by atoms with E-state index in [2.05, 4.69) is 22.0 Å². The summed E-state index contributed by atoms with van der Waals surface area (Å²) in [6.45, 7) is 1.64. The number of halogens is 1. The zero-order chi connectivity index (χ0) is 12.5. The van der Waals surface area contributed by atoms with Gasteiger partial charge in [-0.1, -0.05) is 15.9 Å². The molecule has 1 aliphatic rings. The minimum absolute atomic E-state index is 0.461. The second-order valence-electron chi connectivity index (χ2n) is 4.53. The Balaban J connectivity index is 2.06. The Morgan fingerprint density at radius 2 is 2.06 bits per heavy atom. The summed E-state index contributed by atoms with van der Waals surface area (Å²) in [5.41, 5.74) is 0.827. The highest BCUT2D eigenvalue weighted by Gasteiger charge is 2.21. The van der Waals surface area contributed by atoms with Gasteiger partial charge in [-0.3, -0.25) is 0 Å². The fourth-order valence-corrected chi connectivity index (χ4v) is 2.86. The first-order valence-corrected chi connectivity index (χ1v) is 6.92. The number of methoxy groups -OCH3 is 1. The van der Waals surface area contributed by atoms with Crippen LogP contribution in [0.3, 0.4) is 0 Å². The van der Waals surface area contributed by atoms with Gasteiger partial charge >= 0.3 is 0 Å². The molecule has 1 aliphatic heterocycles. The lowest BCUT2D eigenvalue weighted by molar-refractivity contribution is 0.0810. The number of hydrogen-bond acceptors (Lipinski definition) is 3. The third-order valence-corrected chi connectivity index (χ3v) is 4.15. The Morgan fingerprint density at radius 3 is 2.78 bits per heavy atom. The van der Waals surface area contributed by atoms with E-state index in [1.54, 1.807) is 7.11 Å². The summed E-state index contributed by atoms with van der Waals surface area (Å²) >= 11 is 3.56. The number of fused-ring (bicyclic) bond motifs is 1. The molecule has 0 spiro atoms. The molecule has 0 N–H and O–H groups in total. The molecule has 3 nitrogen and oxygen atoms in total. The van der Waals surface area contributed by atoms with Crippen LogP contribution in [0, 0.1) is 0 Å². The first-order chi connectivity index (χ1) is 8.79. The highest BCUT2D eigenvalue weighted by atomic mass is 79.9. The zero-order valence-electron chi connectivity index (χ0n) is 10.2. The average molecular weight is 311 g/mol. The largest absolute Gasteiger partial charge is 0.493 e. The summed E-state index contributed by atoms with van der Waals surface area (Å²) in [5.74, 6) is 2.28. The van der Waals surface area contributed by atoms with Crippen molar-refractivity contribution in [3.63, 3.8) is 0 Å². The van der Waals surface area contributed by atoms with Crippen LogP contribution < -0.4 is 4.74 Å². The zero-order valence-corrected chi connectivity index (χ0v) is 11.8. The van der Waals surface area contributed by atoms with E-state index in [1.807, 2.05) is 12.1 Å². The molecule has 1 fully saturated rings. The summed E-state index contributed by atoms with van der Waals surface area (Å²) < 4.78 is 17.8. The first-order valence-electron chi connectivity index (χ1n) is 6.13. The molecule has 2 heterocycles. The Bertz CT molecular complexity index is 555. The van der Waals surface area contributed by atoms with Crippen molar-refractivity contribution >= 4 is 26.9 Å². The highest BCUT2D eigenvalue weighted by molar-refractivity contribution is 9.10. The van der Waals surface area contributed by atoms with Gasteiger partial charge in [0, 0.05) is 29.0 Å². The lowest BCUT2D eigenvalue weighted by Crippen LogP contribution is -2.13. The Morgan fingerprint density at radius 1 is 1.28 bits per heavy atom. The van der Waals surface area contributed by atoms with E-state index in [4.69, 9.17) is 13.9 Å². The lowest BCUT2D eigenvalue weighted by Gasteiger charge is -2.19. The van der Waals surface area contributed by atoms with Crippen LogP contribution in [0.2, 0.25) is 0 Å². The molecular weight excluding hydrogens is 296 g/mol. The molecule has 0 saturated carbocycles. The predicted octanol–water partition coefficient (Wildman–Crippen LogP) is 4.10. The normalized spacial score (nSPS) is 17.2. The molecule has 0 radical (unpaired) electrons. The molecule has 96 valence electrons. The molecular formula is C14H15BrO3. The van der Waals surface area contributed by atoms with Crippen LogP contribution in [-0.4, -0.2) is 20.3 Å². The Labute approximate surface area is 114 Å². The van der Waals surface area contributed by atoms with Crippen molar-refractivity contribution in [3.8, 4) is 5.75 Å². The topological polar surface area (TPSA) is 31.6 Å². The van der Waals surface area contributed by atoms with Crippen molar-refractivity contribution in [2.24, 2.45) is 0 Å². The van der Waals surface area contributed by atoms with Gasteiger partial charge in [0.1, 0.15) is 5.76 Å². The lowest BCUT2D eigenvalue weighted by atomic mass is 9.97. The molecule has 0 amide bonds. The molecule has 0 atom stereocenters. The third-order valence-electron chi connectivity index (χ3n) is 3.46. The van der Waals surface area contributed by atoms with Crippen LogP contribution in [0.4, 0.5) is 0 Å². The minimum atomic E-state index is 0.461. The molecule has 0 bridgehead atoms. The number of hydrogen-bond donors (Lipinski definition) is 0. The van der Waals surface area contributed by atoms with Gasteiger partial charge in [-0.05, 0) is 31.0 Å². The van der Waals surface area contributed by atoms with Gasteiger partial charge in [0.25, 0.3) is 0 Å². The molecule has 18 heavy (non-hydrogen) atoms. The van der Waals surface area contributed by atoms with Gasteiger partial charge in [0.15, 0.2) is 11.3 Å². The van der Waals surface area contributed by atoms with E-state index in [0.29, 0.717) is 5.92 Å². The standard InChI is InChI=1S/C14H15BrO3/c1-16-12-3-2-11(15)10-8-13(18-14(10)12)9-4-6-17-7-5-9/h2-3,8-9H,4-7H2,1H3. The van der Waals surface area contributed by atoms with Crippen molar-refractivity contribution < 1.29 is 13.9 Å². The second-order valence-corrected chi connectivity index (χ2v) is 5.38. The van der Waals surface area contributed by atoms with Crippen molar-refractivity contribution in [2.45, 2.75) is 18.8 Å². The maximum atomic E-state index is 6.00. The molecule has 3 rings (SSSR count). The van der Waals surface area contributed by atoms with Gasteiger partial charge in [-0.25, -0.2) is 0 Å². The van der Waals surface area contributed by atoms with Crippen LogP contribution in [-0.2, 0) is 4.74 Å². The molecule has 1 saturated heterocycles. The first kappa shape index (κ1) is 12.1. The molecule has 1 aromatic heterocycles. The van der Waals surface area contributed by atoms with E-state index in [9.17, 15) is 0 Å². The Kier molecular flexibility index (Phi) is 3.31. The predicted molar refractivity (Wildman–Crippen MR) is 73.3 cm³/mol. The fourth-order valence-electron chi connectivity index (χ4n) is 2.43. The van der Waals surface area contributed by atoms with Crippen LogP contribution >= 0.6 is 15.9 Å². The van der Waals surface area contributed by atoms with Gasteiger partial charge in [-0.2, -0.15) is 0 Å². The molecule has 1 aromatic carbocycles. The summed E-state index contributed by atoms with van der Waals surface area (Å²) in [7, 11) is 1.67. The second kappa shape index (κ2) is 4.94. The summed E-state index contributed by atoms with van der Waals surface area (Å²) in [6.07, 6.45) is 2.06. The third kappa shape index (κ3) is 2.04. The van der Waals surface area contributed by atoms with E-state index in [0.717, 1.165) is 53.0 Å². The smallest absolute Gasteiger partial charge is 0.177 e. The van der Waals surface area contributed by atoms with Crippen LogP contribution in [0.25, 0.3) is 11.0 Å². The Hall–Kier alpha value is -1.00. The molecule has 0 aliphatic carbocycles. The van der Waals surface area contributed by atoms with Crippen molar-refractivity contribution in [1.29, 1.82) is 0 Å². The van der Waals surface area contributed by atoms with Crippen LogP contribution in [0.1, 0.15) is 24.5 Å². The fraction of sp³-hybridized carbons (Fsp3) is 0.429. The van der Waals surface area contributed by atoms with Gasteiger partial charge < -0.3 is 13.9 Å². The average Bonchev–Trinajstić information content (AvgIpc) is 2.86. The summed E-state index contributed by atoms with van der Waals surface area (Å²) in [6, 6.07) is 6.03. The van der Waals surface area contributed by atoms with E-state index in [-0.39, 0.29) is 0 Å². The molecule has 4 heteroatoms. The van der Waals surface area contributed by atoms with E-state index < -0.39 is 0 Å². The van der Waals surface area contributed by atoms with Crippen LogP contribution in [0.15, 0.2) is 27.1 Å². The highest BCUT2D eigenvalue weighted by Crippen LogP contribution is 2.38. The number of ether oxygens (including phenoxy) is 2. The monoisotopic (exact) mass is 310 g/mol. The SMILES string of the molecule is COc1ccc(Br)c2cc(C3CCOCC3)oc12. The van der Waals surface area contributed by atoms with Crippen molar-refractivity contribution in [2.75, 3.05) is 20.3 Å². The maximum absolute atomic E-state index is 6.00. The minimum Gasteiger partial charge on any atom is -0.493 e. The van der Waals surface area contributed by atoms with E-state index >= 15 is 0 Å². The van der Waals surface area contributed by atoms with Crippen molar-refractivity contribution in [3.05, 3.63) is 28.4 Å². The quantitative estimate of drug-likeness (QED) is 0.837. The van der Waals surface area contributed by atoms with Crippen LogP contribution in [0.5, 0.6) is 5.75 Å². The van der Waals surface area contributed by atoms with E-state index in [1.165, 1.54) is 0 Å². The van der Waals surface area contributed by atoms with Gasteiger partial charge in [0.05, 0.1) is 7.11 Å². The van der Waals surface area contributed by atoms with Gasteiger partial charge in [0.2, 0.25) is 0 Å². The van der Waals surface area contributed by atoms with Gasteiger partial charge in [-0.15, -0.1) is 0 Å².